The van der Waals surface area contributed by atoms with E-state index in [1.165, 1.54) is 0 Å². The van der Waals surface area contributed by atoms with Crippen LogP contribution in [0.15, 0.2) is 21.9 Å². The Kier molecular flexibility index (Phi) is 5.89. The second-order valence-corrected chi connectivity index (χ2v) is 8.64. The molecular weight excluding hydrogens is 385 g/mol. The zero-order valence-corrected chi connectivity index (χ0v) is 14.4. The van der Waals surface area contributed by atoms with Gasteiger partial charge in [0.05, 0.1) is 6.61 Å². The summed E-state index contributed by atoms with van der Waals surface area (Å²) in [6.07, 6.45) is -4.76. The smallest absolute Gasteiger partial charge is 0.387 e. The van der Waals surface area contributed by atoms with Crippen LogP contribution in [0.4, 0.5) is 0 Å². The molecule has 13 nitrogen and oxygen atoms in total. The van der Waals surface area contributed by atoms with Gasteiger partial charge in [-0.05, 0) is 0 Å². The molecule has 25 heavy (non-hydrogen) atoms. The van der Waals surface area contributed by atoms with Crippen molar-refractivity contribution in [3.63, 3.8) is 0 Å². The molecule has 1 fully saturated rings. The van der Waals surface area contributed by atoms with Gasteiger partial charge in [0.25, 0.3) is 20.6 Å². The van der Waals surface area contributed by atoms with Crippen molar-refractivity contribution in [3.8, 4) is 0 Å². The van der Waals surface area contributed by atoms with E-state index in [0.29, 0.717) is 0 Å². The molecule has 0 radical (unpaired) electrons. The number of H-pyrrole nitrogens is 1. The molecule has 2 unspecified atom stereocenters. The monoisotopic (exact) mass is 400 g/mol. The highest BCUT2D eigenvalue weighted by Gasteiger charge is 2.45. The third kappa shape index (κ3) is 5.20. The lowest BCUT2D eigenvalue weighted by Gasteiger charge is -2.19. The lowest BCUT2D eigenvalue weighted by atomic mass is 10.1. The molecule has 140 valence electrons. The topological polar surface area (TPSA) is 198 Å². The number of nitrogens with zero attached hydrogens (tertiary/aromatic N) is 1. The Morgan fingerprint density at radius 2 is 1.92 bits per heavy atom. The molecule has 0 aromatic carbocycles. The number of aliphatic hydroxyl groups excluding tert-OH is 2. The summed E-state index contributed by atoms with van der Waals surface area (Å²) in [5, 5.41) is 19.9. The van der Waals surface area contributed by atoms with Crippen LogP contribution in [0, 0.1) is 0 Å². The zero-order chi connectivity index (χ0) is 19.0. The van der Waals surface area contributed by atoms with E-state index in [1.807, 2.05) is 4.98 Å². The van der Waals surface area contributed by atoms with E-state index in [9.17, 15) is 28.9 Å². The van der Waals surface area contributed by atoms with E-state index >= 15 is 0 Å². The fraction of sp³-hybridized carbons (Fsp3) is 0.556. The molecule has 0 amide bonds. The van der Waals surface area contributed by atoms with Crippen LogP contribution in [0.25, 0.3) is 0 Å². The predicted molar refractivity (Wildman–Crippen MR) is 82.5 cm³/mol. The lowest BCUT2D eigenvalue weighted by molar-refractivity contribution is -0.0520. The van der Waals surface area contributed by atoms with Crippen molar-refractivity contribution in [1.29, 1.82) is 0 Å². The van der Waals surface area contributed by atoms with Gasteiger partial charge in [0, 0.05) is 12.3 Å². The van der Waals surface area contributed by atoms with Crippen molar-refractivity contribution in [3.05, 3.63) is 33.1 Å². The first-order chi connectivity index (χ1) is 11.4. The van der Waals surface area contributed by atoms with Crippen molar-refractivity contribution in [1.82, 2.24) is 9.55 Å². The molecule has 1 aliphatic rings. The number of aromatic nitrogens is 2. The minimum Gasteiger partial charge on any atom is -0.387 e. The molecule has 2 rings (SSSR count). The van der Waals surface area contributed by atoms with E-state index in [4.69, 9.17) is 19.0 Å². The number of hydrogen-bond donors (Lipinski definition) is 5. The first kappa shape index (κ1) is 20.2. The molecule has 1 aromatic heterocycles. The molecule has 1 saturated heterocycles. The van der Waals surface area contributed by atoms with Gasteiger partial charge >= 0.3 is 13.5 Å². The molecule has 0 aliphatic carbocycles. The maximum absolute atomic E-state index is 11.8. The molecule has 5 atom stereocenters. The van der Waals surface area contributed by atoms with Crippen LogP contribution in [0.1, 0.15) is 6.23 Å². The van der Waals surface area contributed by atoms with Crippen molar-refractivity contribution >= 4 is 22.9 Å². The fourth-order valence-corrected chi connectivity index (χ4v) is 4.30. The van der Waals surface area contributed by atoms with Gasteiger partial charge in [0.2, 0.25) is 0 Å². The van der Waals surface area contributed by atoms with E-state index < -0.39 is 57.7 Å². The summed E-state index contributed by atoms with van der Waals surface area (Å²) in [4.78, 5) is 42.0. The Hall–Kier alpha value is -1.08. The highest BCUT2D eigenvalue weighted by atomic mass is 31.3. The Labute approximate surface area is 140 Å². The Bertz CT molecular complexity index is 833. The van der Waals surface area contributed by atoms with Crippen molar-refractivity contribution in [2.45, 2.75) is 24.5 Å². The number of aliphatic hydroxyl groups is 2. The van der Waals surface area contributed by atoms with Crippen LogP contribution in [0.2, 0.25) is 0 Å². The summed E-state index contributed by atoms with van der Waals surface area (Å²) in [7, 11) is -8.44. The molecule has 1 aromatic rings. The van der Waals surface area contributed by atoms with Crippen LogP contribution in [-0.2, 0) is 22.7 Å². The molecule has 0 bridgehead atoms. The van der Waals surface area contributed by atoms with Gasteiger partial charge in [-0.15, -0.1) is 0 Å². The van der Waals surface area contributed by atoms with Crippen molar-refractivity contribution in [2.24, 2.45) is 0 Å². The average molecular weight is 400 g/mol. The number of phosphoric acid groups is 1. The number of ether oxygens (including phenoxy) is 1. The summed E-state index contributed by atoms with van der Waals surface area (Å²) in [6, 6.07) is 1.00. The Balaban J connectivity index is 2.09. The minimum absolute atomic E-state index is 0.652. The quantitative estimate of drug-likeness (QED) is 0.241. The van der Waals surface area contributed by atoms with Crippen LogP contribution in [0.3, 0.4) is 0 Å². The van der Waals surface area contributed by atoms with Gasteiger partial charge in [-0.2, -0.15) is 0 Å². The van der Waals surface area contributed by atoms with Crippen LogP contribution < -0.4 is 11.2 Å². The van der Waals surface area contributed by atoms with Gasteiger partial charge in [-0.3, -0.25) is 18.9 Å². The second kappa shape index (κ2) is 7.27. The average Bonchev–Trinajstić information content (AvgIpc) is 2.71. The third-order valence-electron chi connectivity index (χ3n) is 3.19. The number of nitrogens with one attached hydrogen (secondary N) is 1. The van der Waals surface area contributed by atoms with Crippen molar-refractivity contribution < 1.29 is 42.7 Å². The van der Waals surface area contributed by atoms with Gasteiger partial charge in [-0.25, -0.2) is 13.7 Å². The normalized spacial score (nSPS) is 29.4. The van der Waals surface area contributed by atoms with Crippen LogP contribution >= 0.6 is 15.3 Å². The number of rotatable bonds is 6. The molecule has 0 spiro atoms. The standard InChI is InChI=1S/C9H15BN2O11P2/c10-24(17,23-25(18,19)20)21-3-4-6(14)7(15)8(22-4)12-2-1-5(13)11-9(12)16/h1-2,4,6-8,14-15H,3,10H2,(H,11,13,16)(H2,18,19,20)/t4-,6?,7+,8-,24?/m1/s1. The fourth-order valence-electron chi connectivity index (χ4n) is 2.15. The number of hydrogen-bond acceptors (Lipinski definition) is 9. The molecule has 2 heterocycles. The maximum Gasteiger partial charge on any atom is 0.476 e. The first-order valence-electron chi connectivity index (χ1n) is 6.72. The first-order valence-corrected chi connectivity index (χ1v) is 10.2. The molecule has 0 saturated carbocycles. The van der Waals surface area contributed by atoms with E-state index in [1.54, 1.807) is 0 Å². The van der Waals surface area contributed by atoms with E-state index in [2.05, 4.69) is 4.31 Å². The highest BCUT2D eigenvalue weighted by Crippen LogP contribution is 2.57. The summed E-state index contributed by atoms with van der Waals surface area (Å²) in [5.41, 5.74) is -1.56. The van der Waals surface area contributed by atoms with Gasteiger partial charge in [-0.1, -0.05) is 0 Å². The van der Waals surface area contributed by atoms with E-state index in [0.717, 1.165) is 24.4 Å². The highest BCUT2D eigenvalue weighted by molar-refractivity contribution is 7.83. The third-order valence-corrected chi connectivity index (χ3v) is 5.85. The lowest BCUT2D eigenvalue weighted by Crippen LogP contribution is -2.37. The van der Waals surface area contributed by atoms with Crippen LogP contribution in [0.5, 0.6) is 0 Å². The molecular formula is C9H15BN2O11P2. The maximum atomic E-state index is 11.8. The molecule has 16 heteroatoms. The molecule has 5 N–H and O–H groups in total. The van der Waals surface area contributed by atoms with Crippen LogP contribution in [-0.4, -0.2) is 62.0 Å². The van der Waals surface area contributed by atoms with Gasteiger partial charge < -0.3 is 29.3 Å². The predicted octanol–water partition coefficient (Wildman–Crippen LogP) is -2.98. The second-order valence-electron chi connectivity index (χ2n) is 5.20. The minimum atomic E-state index is -5.07. The summed E-state index contributed by atoms with van der Waals surface area (Å²) in [6.45, 7) is -0.652. The summed E-state index contributed by atoms with van der Waals surface area (Å²) in [5.74, 6) is 0. The van der Waals surface area contributed by atoms with Gasteiger partial charge in [0.1, 0.15) is 18.3 Å². The SMILES string of the molecule is BP(=O)(OC[C@H]1O[C@@H](n2ccc(=O)[nH]c2=O)[C@@H](O)C1O)OP(=O)(O)O. The molecule has 1 aliphatic heterocycles. The summed E-state index contributed by atoms with van der Waals surface area (Å²) < 4.78 is 37.3. The Morgan fingerprint density at radius 1 is 1.28 bits per heavy atom. The van der Waals surface area contributed by atoms with Gasteiger partial charge in [0.15, 0.2) is 6.23 Å². The Morgan fingerprint density at radius 3 is 2.48 bits per heavy atom. The van der Waals surface area contributed by atoms with Crippen molar-refractivity contribution in [2.75, 3.05) is 6.61 Å². The zero-order valence-electron chi connectivity index (χ0n) is 12.7. The summed E-state index contributed by atoms with van der Waals surface area (Å²) >= 11 is 0. The largest absolute Gasteiger partial charge is 0.476 e. The number of aromatic amines is 1. The van der Waals surface area contributed by atoms with E-state index in [-0.39, 0.29) is 0 Å².